The van der Waals surface area contributed by atoms with Crippen molar-refractivity contribution in [2.45, 2.75) is 20.3 Å². The van der Waals surface area contributed by atoms with E-state index in [0.717, 1.165) is 19.2 Å². The van der Waals surface area contributed by atoms with E-state index in [-0.39, 0.29) is 15.4 Å². The lowest BCUT2D eigenvalue weighted by atomic mass is 9.93. The second-order valence-corrected chi connectivity index (χ2v) is 11.6. The normalized spacial score (nSPS) is 12.8. The number of carbonyl (C=O) groups excluding carboxylic acids is 1. The van der Waals surface area contributed by atoms with Crippen LogP contribution in [0, 0.1) is 5.82 Å². The molecule has 3 rings (SSSR count). The summed E-state index contributed by atoms with van der Waals surface area (Å²) in [6, 6.07) is 18.6. The maximum absolute atomic E-state index is 13.8. The number of ether oxygens (including phenoxy) is 1. The van der Waals surface area contributed by atoms with Crippen molar-refractivity contribution in [2.75, 3.05) is 7.11 Å². The second kappa shape index (κ2) is 9.68. The van der Waals surface area contributed by atoms with Crippen LogP contribution in [0.25, 0.3) is 0 Å². The fourth-order valence-electron chi connectivity index (χ4n) is 3.46. The lowest BCUT2D eigenvalue weighted by molar-refractivity contribution is -0.136. The van der Waals surface area contributed by atoms with Crippen molar-refractivity contribution in [3.05, 3.63) is 108 Å². The van der Waals surface area contributed by atoms with Gasteiger partial charge in [-0.2, -0.15) is 0 Å². The van der Waals surface area contributed by atoms with Gasteiger partial charge in [0.25, 0.3) is 0 Å². The fourth-order valence-corrected chi connectivity index (χ4v) is 8.43. The summed E-state index contributed by atoms with van der Waals surface area (Å²) in [5, 5.41) is 0. The van der Waals surface area contributed by atoms with Crippen molar-refractivity contribution >= 4 is 25.6 Å². The van der Waals surface area contributed by atoms with Crippen molar-refractivity contribution in [2.24, 2.45) is 0 Å². The zero-order valence-corrected chi connectivity index (χ0v) is 19.2. The number of sulfone groups is 2. The van der Waals surface area contributed by atoms with Crippen LogP contribution in [0.15, 0.2) is 107 Å². The number of hydrogen-bond donors (Lipinski definition) is 0. The number of hydrogen-bond acceptors (Lipinski definition) is 6. The molecular formula is C24H21FO6S2. The molecule has 3 aromatic rings. The van der Waals surface area contributed by atoms with E-state index in [1.165, 1.54) is 60.7 Å². The van der Waals surface area contributed by atoms with Crippen molar-refractivity contribution < 1.29 is 30.8 Å². The third-order valence-corrected chi connectivity index (χ3v) is 10.2. The smallest absolute Gasteiger partial charge is 0.333 e. The zero-order chi connectivity index (χ0) is 24.2. The van der Waals surface area contributed by atoms with Crippen LogP contribution < -0.4 is 0 Å². The first kappa shape index (κ1) is 24.3. The lowest BCUT2D eigenvalue weighted by Crippen LogP contribution is -2.38. The fraction of sp³-hybridized carbons (Fsp3) is 0.125. The number of carbonyl (C=O) groups is 1. The third-order valence-electron chi connectivity index (χ3n) is 5.08. The van der Waals surface area contributed by atoms with Gasteiger partial charge in [0.1, 0.15) is 5.82 Å². The summed E-state index contributed by atoms with van der Waals surface area (Å²) in [5.41, 5.74) is -0.316. The summed E-state index contributed by atoms with van der Waals surface area (Å²) in [7, 11) is -8.13. The molecule has 0 saturated carbocycles. The van der Waals surface area contributed by atoms with Crippen LogP contribution in [0.1, 0.15) is 11.5 Å². The molecule has 0 aliphatic carbocycles. The van der Waals surface area contributed by atoms with Gasteiger partial charge in [0.15, 0.2) is 24.3 Å². The monoisotopic (exact) mass is 488 g/mol. The first-order valence-electron chi connectivity index (χ1n) is 9.71. The van der Waals surface area contributed by atoms with Crippen LogP contribution in [-0.4, -0.2) is 34.5 Å². The Kier molecular flexibility index (Phi) is 7.14. The van der Waals surface area contributed by atoms with E-state index >= 15 is 0 Å². The molecule has 33 heavy (non-hydrogen) atoms. The maximum Gasteiger partial charge on any atom is 0.333 e. The highest BCUT2D eigenvalue weighted by Crippen LogP contribution is 2.40. The minimum atomic E-state index is -4.60. The molecule has 0 aromatic heterocycles. The molecule has 0 unspecified atom stereocenters. The van der Waals surface area contributed by atoms with Gasteiger partial charge in [0, 0.05) is 11.5 Å². The zero-order valence-electron chi connectivity index (χ0n) is 17.6. The van der Waals surface area contributed by atoms with Crippen LogP contribution in [-0.2, 0) is 29.2 Å². The predicted molar refractivity (Wildman–Crippen MR) is 121 cm³/mol. The molecule has 0 heterocycles. The van der Waals surface area contributed by atoms with Gasteiger partial charge in [-0.05, 0) is 42.0 Å². The van der Waals surface area contributed by atoms with Crippen LogP contribution in [0.3, 0.4) is 0 Å². The maximum atomic E-state index is 13.8. The lowest BCUT2D eigenvalue weighted by Gasteiger charge is -2.28. The molecule has 6 nitrogen and oxygen atoms in total. The highest BCUT2D eigenvalue weighted by Gasteiger charge is 2.48. The Balaban J connectivity index is 2.37. The Labute approximate surface area is 192 Å². The largest absolute Gasteiger partial charge is 0.466 e. The Morgan fingerprint density at radius 2 is 1.21 bits per heavy atom. The Morgan fingerprint density at radius 1 is 0.788 bits per heavy atom. The van der Waals surface area contributed by atoms with E-state index < -0.39 is 47.5 Å². The van der Waals surface area contributed by atoms with E-state index in [0.29, 0.717) is 0 Å². The summed E-state index contributed by atoms with van der Waals surface area (Å²) in [6.45, 7) is 3.66. The molecule has 0 fully saturated rings. The van der Waals surface area contributed by atoms with E-state index in [1.54, 1.807) is 12.1 Å². The highest BCUT2D eigenvalue weighted by atomic mass is 32.3. The molecule has 0 saturated heterocycles. The molecule has 0 radical (unpaired) electrons. The highest BCUT2D eigenvalue weighted by molar-refractivity contribution is 8.09. The summed E-state index contributed by atoms with van der Waals surface area (Å²) in [5.74, 6) is -3.18. The van der Waals surface area contributed by atoms with E-state index in [2.05, 4.69) is 6.58 Å². The second-order valence-electron chi connectivity index (χ2n) is 7.13. The van der Waals surface area contributed by atoms with Crippen LogP contribution >= 0.6 is 0 Å². The molecule has 9 heteroatoms. The van der Waals surface area contributed by atoms with Crippen molar-refractivity contribution in [3.8, 4) is 0 Å². The van der Waals surface area contributed by atoms with Gasteiger partial charge in [-0.25, -0.2) is 26.0 Å². The van der Waals surface area contributed by atoms with E-state index in [4.69, 9.17) is 4.74 Å². The molecule has 0 aliphatic heterocycles. The molecule has 1 atom stereocenters. The Bertz CT molecular complexity index is 1280. The topological polar surface area (TPSA) is 94.6 Å². The number of methoxy groups -OCH3 is 1. The molecule has 0 amide bonds. The number of rotatable bonds is 8. The number of esters is 1. The first-order chi connectivity index (χ1) is 15.6. The van der Waals surface area contributed by atoms with Gasteiger partial charge in [0.2, 0.25) is 0 Å². The first-order valence-corrected chi connectivity index (χ1v) is 12.8. The van der Waals surface area contributed by atoms with Gasteiger partial charge in [-0.3, -0.25) is 0 Å². The Hall–Kier alpha value is -3.30. The minimum absolute atomic E-state index is 0.0795. The van der Waals surface area contributed by atoms with Gasteiger partial charge < -0.3 is 4.74 Å². The molecule has 3 aromatic carbocycles. The van der Waals surface area contributed by atoms with Crippen molar-refractivity contribution in [1.82, 2.24) is 0 Å². The molecule has 0 aliphatic rings. The van der Waals surface area contributed by atoms with Crippen LogP contribution in [0.2, 0.25) is 0 Å². The van der Waals surface area contributed by atoms with Gasteiger partial charge >= 0.3 is 5.97 Å². The van der Waals surface area contributed by atoms with Crippen LogP contribution in [0.5, 0.6) is 0 Å². The molecule has 0 bridgehead atoms. The van der Waals surface area contributed by atoms with Crippen molar-refractivity contribution in [1.29, 1.82) is 0 Å². The standard InChI is InChI=1S/C24H21FO6S2/c1-17(23(26)31-2)22(18-13-15-19(25)16-14-18)24(32(27,28)20-9-5-3-6-10-20)33(29,30)21-11-7-4-8-12-21/h3-16,22,24H,1H2,2H3/t22-/m0/s1. The summed E-state index contributed by atoms with van der Waals surface area (Å²) in [6.07, 6.45) is 0. The van der Waals surface area contributed by atoms with E-state index in [9.17, 15) is 26.0 Å². The third kappa shape index (κ3) is 4.89. The summed E-state index contributed by atoms with van der Waals surface area (Å²) >= 11 is 0. The molecular weight excluding hydrogens is 467 g/mol. The van der Waals surface area contributed by atoms with E-state index in [1.807, 2.05) is 0 Å². The molecule has 0 N–H and O–H groups in total. The van der Waals surface area contributed by atoms with Gasteiger partial charge in [-0.15, -0.1) is 0 Å². The van der Waals surface area contributed by atoms with Crippen molar-refractivity contribution in [3.63, 3.8) is 0 Å². The summed E-state index contributed by atoms with van der Waals surface area (Å²) < 4.78 is 71.4. The Morgan fingerprint density at radius 3 is 1.61 bits per heavy atom. The SMILES string of the molecule is C=C(C(=O)OC)[C@@H](c1ccc(F)cc1)C(S(=O)(=O)c1ccccc1)S(=O)(=O)c1ccccc1. The molecule has 172 valence electrons. The number of benzene rings is 3. The summed E-state index contributed by atoms with van der Waals surface area (Å²) in [4.78, 5) is 11.9. The quantitative estimate of drug-likeness (QED) is 0.352. The molecule has 0 spiro atoms. The number of halogens is 1. The average Bonchev–Trinajstić information content (AvgIpc) is 2.83. The van der Waals surface area contributed by atoms with Gasteiger partial charge in [0.05, 0.1) is 16.9 Å². The predicted octanol–water partition coefficient (Wildman–Crippen LogP) is 3.91. The van der Waals surface area contributed by atoms with Gasteiger partial charge in [-0.1, -0.05) is 55.1 Å². The van der Waals surface area contributed by atoms with Crippen LogP contribution in [0.4, 0.5) is 4.39 Å². The average molecular weight is 489 g/mol. The minimum Gasteiger partial charge on any atom is -0.466 e.